The van der Waals surface area contributed by atoms with Crippen LogP contribution < -0.4 is 5.73 Å². The summed E-state index contributed by atoms with van der Waals surface area (Å²) in [7, 11) is 0. The van der Waals surface area contributed by atoms with E-state index in [4.69, 9.17) is 5.73 Å². The van der Waals surface area contributed by atoms with Gasteiger partial charge in [-0.3, -0.25) is 0 Å². The van der Waals surface area contributed by atoms with Gasteiger partial charge in [-0.1, -0.05) is 31.7 Å². The zero-order valence-electron chi connectivity index (χ0n) is 9.93. The third-order valence-electron chi connectivity index (χ3n) is 3.72. The molecule has 0 spiro atoms. The van der Waals surface area contributed by atoms with Gasteiger partial charge in [0.25, 0.3) is 0 Å². The molecule has 1 aromatic carbocycles. The average Bonchev–Trinajstić information content (AvgIpc) is 2.43. The van der Waals surface area contributed by atoms with E-state index in [1.54, 1.807) is 6.07 Å². The van der Waals surface area contributed by atoms with Gasteiger partial charge in [-0.25, -0.2) is 4.39 Å². The third kappa shape index (κ3) is 2.27. The van der Waals surface area contributed by atoms with E-state index in [9.17, 15) is 4.39 Å². The summed E-state index contributed by atoms with van der Waals surface area (Å²) >= 11 is 0. The number of aryl methyl sites for hydroxylation is 1. The van der Waals surface area contributed by atoms with Crippen LogP contribution in [0.2, 0.25) is 0 Å². The van der Waals surface area contributed by atoms with Gasteiger partial charge in [0.2, 0.25) is 0 Å². The Balaban J connectivity index is 2.33. The molecule has 1 aliphatic rings. The van der Waals surface area contributed by atoms with Crippen LogP contribution in [0, 0.1) is 12.7 Å². The fourth-order valence-electron chi connectivity index (χ4n) is 2.81. The highest BCUT2D eigenvalue weighted by Crippen LogP contribution is 2.35. The smallest absolute Gasteiger partial charge is 0.123 e. The largest absolute Gasteiger partial charge is 0.321 e. The van der Waals surface area contributed by atoms with Crippen molar-refractivity contribution >= 4 is 0 Å². The highest BCUT2D eigenvalue weighted by Gasteiger charge is 2.29. The Morgan fingerprint density at radius 1 is 1.12 bits per heavy atom. The normalized spacial score (nSPS) is 20.4. The summed E-state index contributed by atoms with van der Waals surface area (Å²) in [5.74, 6) is -0.168. The number of rotatable bonds is 1. The van der Waals surface area contributed by atoms with Crippen LogP contribution in [0.4, 0.5) is 4.39 Å². The van der Waals surface area contributed by atoms with Crippen LogP contribution in [-0.2, 0) is 5.54 Å². The molecule has 1 saturated carbocycles. The molecule has 0 amide bonds. The molecule has 88 valence electrons. The van der Waals surface area contributed by atoms with Crippen LogP contribution in [0.15, 0.2) is 18.2 Å². The molecule has 0 unspecified atom stereocenters. The van der Waals surface area contributed by atoms with Crippen LogP contribution in [0.25, 0.3) is 0 Å². The van der Waals surface area contributed by atoms with E-state index >= 15 is 0 Å². The lowest BCUT2D eigenvalue weighted by molar-refractivity contribution is 0.383. The first-order valence-electron chi connectivity index (χ1n) is 6.17. The Morgan fingerprint density at radius 3 is 2.31 bits per heavy atom. The first-order chi connectivity index (χ1) is 7.62. The van der Waals surface area contributed by atoms with Crippen LogP contribution in [-0.4, -0.2) is 0 Å². The summed E-state index contributed by atoms with van der Waals surface area (Å²) in [5, 5.41) is 0. The second kappa shape index (κ2) is 4.54. The molecule has 0 radical (unpaired) electrons. The maximum atomic E-state index is 13.1. The Hall–Kier alpha value is -0.890. The van der Waals surface area contributed by atoms with E-state index in [1.165, 1.54) is 31.7 Å². The maximum absolute atomic E-state index is 13.1. The molecule has 2 heteroatoms. The molecule has 1 nitrogen and oxygen atoms in total. The van der Waals surface area contributed by atoms with Crippen molar-refractivity contribution in [3.8, 4) is 0 Å². The van der Waals surface area contributed by atoms with Gasteiger partial charge in [-0.15, -0.1) is 0 Å². The second-order valence-corrected chi connectivity index (χ2v) is 5.03. The van der Waals surface area contributed by atoms with E-state index in [0.29, 0.717) is 0 Å². The number of hydrogen-bond donors (Lipinski definition) is 1. The lowest BCUT2D eigenvalue weighted by Crippen LogP contribution is -2.36. The molecule has 2 rings (SSSR count). The quantitative estimate of drug-likeness (QED) is 0.720. The van der Waals surface area contributed by atoms with E-state index in [1.807, 2.05) is 13.0 Å². The van der Waals surface area contributed by atoms with Crippen molar-refractivity contribution in [2.45, 2.75) is 51.0 Å². The number of benzene rings is 1. The highest BCUT2D eigenvalue weighted by atomic mass is 19.1. The topological polar surface area (TPSA) is 26.0 Å². The SMILES string of the molecule is Cc1cc(F)ccc1C1(N)CCCCCC1. The molecule has 0 saturated heterocycles. The zero-order valence-corrected chi connectivity index (χ0v) is 9.93. The zero-order chi connectivity index (χ0) is 11.6. The molecular weight excluding hydrogens is 201 g/mol. The fraction of sp³-hybridized carbons (Fsp3) is 0.571. The van der Waals surface area contributed by atoms with Crippen molar-refractivity contribution < 1.29 is 4.39 Å². The monoisotopic (exact) mass is 221 g/mol. The van der Waals surface area contributed by atoms with Gasteiger partial charge in [0.1, 0.15) is 5.82 Å². The molecular formula is C14H20FN. The predicted octanol–water partition coefficient (Wildman–Crippen LogP) is 3.64. The van der Waals surface area contributed by atoms with Crippen LogP contribution in [0.3, 0.4) is 0 Å². The Kier molecular flexibility index (Phi) is 3.29. The molecule has 1 fully saturated rings. The van der Waals surface area contributed by atoms with Gasteiger partial charge in [0, 0.05) is 5.54 Å². The molecule has 0 bridgehead atoms. The van der Waals surface area contributed by atoms with Crippen molar-refractivity contribution in [1.29, 1.82) is 0 Å². The second-order valence-electron chi connectivity index (χ2n) is 5.03. The minimum absolute atomic E-state index is 0.168. The number of halogens is 1. The molecule has 0 aliphatic heterocycles. The predicted molar refractivity (Wildman–Crippen MR) is 64.7 cm³/mol. The van der Waals surface area contributed by atoms with Gasteiger partial charge in [0.15, 0.2) is 0 Å². The van der Waals surface area contributed by atoms with E-state index in [-0.39, 0.29) is 11.4 Å². The molecule has 0 atom stereocenters. The Labute approximate surface area is 96.9 Å². The van der Waals surface area contributed by atoms with Crippen LogP contribution in [0.5, 0.6) is 0 Å². The van der Waals surface area contributed by atoms with Gasteiger partial charge >= 0.3 is 0 Å². The Morgan fingerprint density at radius 2 is 1.75 bits per heavy atom. The van der Waals surface area contributed by atoms with E-state index < -0.39 is 0 Å². The van der Waals surface area contributed by atoms with Gasteiger partial charge in [0.05, 0.1) is 0 Å². The van der Waals surface area contributed by atoms with Crippen LogP contribution >= 0.6 is 0 Å². The van der Waals surface area contributed by atoms with E-state index in [2.05, 4.69) is 0 Å². The maximum Gasteiger partial charge on any atom is 0.123 e. The highest BCUT2D eigenvalue weighted by molar-refractivity contribution is 5.33. The number of hydrogen-bond acceptors (Lipinski definition) is 1. The fourth-order valence-corrected chi connectivity index (χ4v) is 2.81. The molecule has 0 aromatic heterocycles. The lowest BCUT2D eigenvalue weighted by atomic mass is 9.81. The van der Waals surface area contributed by atoms with Gasteiger partial charge < -0.3 is 5.73 Å². The van der Waals surface area contributed by atoms with Crippen molar-refractivity contribution in [3.63, 3.8) is 0 Å². The van der Waals surface area contributed by atoms with Gasteiger partial charge in [-0.2, -0.15) is 0 Å². The lowest BCUT2D eigenvalue weighted by Gasteiger charge is -2.30. The van der Waals surface area contributed by atoms with Crippen molar-refractivity contribution in [2.75, 3.05) is 0 Å². The Bertz CT molecular complexity index is 365. The van der Waals surface area contributed by atoms with Crippen molar-refractivity contribution in [2.24, 2.45) is 5.73 Å². The van der Waals surface area contributed by atoms with Crippen molar-refractivity contribution in [3.05, 3.63) is 35.1 Å². The minimum Gasteiger partial charge on any atom is -0.321 e. The van der Waals surface area contributed by atoms with Crippen molar-refractivity contribution in [1.82, 2.24) is 0 Å². The summed E-state index contributed by atoms with van der Waals surface area (Å²) in [4.78, 5) is 0. The van der Waals surface area contributed by atoms with Gasteiger partial charge in [-0.05, 0) is 43.0 Å². The molecule has 2 N–H and O–H groups in total. The number of nitrogens with two attached hydrogens (primary N) is 1. The first kappa shape index (κ1) is 11.6. The standard InChI is InChI=1S/C14H20FN/c1-11-10-12(15)6-7-13(11)14(16)8-4-2-3-5-9-14/h6-7,10H,2-5,8-9,16H2,1H3. The molecule has 0 heterocycles. The molecule has 1 aliphatic carbocycles. The molecule has 16 heavy (non-hydrogen) atoms. The summed E-state index contributed by atoms with van der Waals surface area (Å²) in [6, 6.07) is 4.99. The summed E-state index contributed by atoms with van der Waals surface area (Å²) in [5.41, 5.74) is 8.41. The van der Waals surface area contributed by atoms with Crippen LogP contribution in [0.1, 0.15) is 49.7 Å². The first-order valence-corrected chi connectivity index (χ1v) is 6.17. The average molecular weight is 221 g/mol. The minimum atomic E-state index is -0.228. The van der Waals surface area contributed by atoms with E-state index in [0.717, 1.165) is 24.0 Å². The summed E-state index contributed by atoms with van der Waals surface area (Å²) in [6.07, 6.45) is 6.98. The summed E-state index contributed by atoms with van der Waals surface area (Å²) < 4.78 is 13.1. The third-order valence-corrected chi connectivity index (χ3v) is 3.72. The summed E-state index contributed by atoms with van der Waals surface area (Å²) in [6.45, 7) is 1.96. The molecule has 1 aromatic rings.